The zero-order chi connectivity index (χ0) is 16.4. The number of ether oxygens (including phenoxy) is 1. The van der Waals surface area contributed by atoms with E-state index in [1.807, 2.05) is 36.4 Å². The highest BCUT2D eigenvalue weighted by atomic mass is 32.1. The minimum Gasteiger partial charge on any atom is -0.370 e. The lowest BCUT2D eigenvalue weighted by Gasteiger charge is -2.32. The first-order valence-electron chi connectivity index (χ1n) is 7.81. The fraction of sp³-hybridized carbons (Fsp3) is 0.222. The normalized spacial score (nSPS) is 17.9. The van der Waals surface area contributed by atoms with E-state index in [4.69, 9.17) is 4.74 Å². The Bertz CT molecular complexity index is 824. The van der Waals surface area contributed by atoms with Gasteiger partial charge in [-0.3, -0.25) is 0 Å². The monoisotopic (exact) mass is 341 g/mol. The quantitative estimate of drug-likeness (QED) is 0.724. The Morgan fingerprint density at radius 3 is 2.83 bits per heavy atom. The van der Waals surface area contributed by atoms with Crippen LogP contribution < -0.4 is 4.90 Å². The number of aromatic nitrogens is 2. The molecule has 0 aliphatic carbocycles. The Morgan fingerprint density at radius 1 is 1.12 bits per heavy atom. The summed E-state index contributed by atoms with van der Waals surface area (Å²) in [4.78, 5) is 6.81. The maximum absolute atomic E-state index is 13.4. The number of hydrogen-bond donors (Lipinski definition) is 0. The molecule has 1 atom stereocenters. The molecule has 4 nitrogen and oxygen atoms in total. The van der Waals surface area contributed by atoms with E-state index in [0.29, 0.717) is 13.2 Å². The summed E-state index contributed by atoms with van der Waals surface area (Å²) < 4.78 is 23.7. The summed E-state index contributed by atoms with van der Waals surface area (Å²) in [7, 11) is 0. The van der Waals surface area contributed by atoms with Crippen LogP contribution in [0, 0.1) is 5.82 Å². The van der Waals surface area contributed by atoms with Crippen molar-refractivity contribution in [2.45, 2.75) is 6.10 Å². The van der Waals surface area contributed by atoms with Gasteiger partial charge in [0, 0.05) is 23.6 Å². The third-order valence-electron chi connectivity index (χ3n) is 4.00. The number of hydrogen-bond acceptors (Lipinski definition) is 5. The highest BCUT2D eigenvalue weighted by molar-refractivity contribution is 7.09. The SMILES string of the molecule is Fc1cccc(C2CN(c3nc(-c4ccccc4)ns3)CCO2)c1. The molecule has 2 heterocycles. The molecule has 0 saturated carbocycles. The minimum absolute atomic E-state index is 0.154. The number of anilines is 1. The maximum atomic E-state index is 13.4. The van der Waals surface area contributed by atoms with Gasteiger partial charge in [0.25, 0.3) is 0 Å². The van der Waals surface area contributed by atoms with E-state index in [1.54, 1.807) is 6.07 Å². The standard InChI is InChI=1S/C18H16FN3OS/c19-15-8-4-7-14(11-15)16-12-22(9-10-23-16)18-20-17(21-24-18)13-5-2-1-3-6-13/h1-8,11,16H,9-10,12H2. The van der Waals surface area contributed by atoms with Gasteiger partial charge < -0.3 is 9.64 Å². The van der Waals surface area contributed by atoms with Crippen LogP contribution in [0.2, 0.25) is 0 Å². The second-order valence-electron chi connectivity index (χ2n) is 5.63. The smallest absolute Gasteiger partial charge is 0.205 e. The van der Waals surface area contributed by atoms with Crippen molar-refractivity contribution in [2.75, 3.05) is 24.6 Å². The van der Waals surface area contributed by atoms with Gasteiger partial charge in [-0.15, -0.1) is 0 Å². The molecule has 0 radical (unpaired) electrons. The number of morpholine rings is 1. The Kier molecular flexibility index (Phi) is 4.23. The number of rotatable bonds is 3. The third kappa shape index (κ3) is 3.16. The first-order valence-corrected chi connectivity index (χ1v) is 8.58. The zero-order valence-electron chi connectivity index (χ0n) is 12.9. The van der Waals surface area contributed by atoms with Gasteiger partial charge in [0.15, 0.2) is 5.82 Å². The molecule has 1 aromatic heterocycles. The van der Waals surface area contributed by atoms with Crippen LogP contribution in [0.1, 0.15) is 11.7 Å². The van der Waals surface area contributed by atoms with Crippen molar-refractivity contribution in [3.8, 4) is 11.4 Å². The largest absolute Gasteiger partial charge is 0.370 e. The fourth-order valence-corrected chi connectivity index (χ4v) is 3.50. The second-order valence-corrected chi connectivity index (χ2v) is 6.36. The van der Waals surface area contributed by atoms with E-state index in [1.165, 1.54) is 23.7 Å². The fourth-order valence-electron chi connectivity index (χ4n) is 2.78. The predicted octanol–water partition coefficient (Wildman–Crippen LogP) is 3.92. The van der Waals surface area contributed by atoms with Crippen LogP contribution in [0.3, 0.4) is 0 Å². The van der Waals surface area contributed by atoms with Crippen LogP contribution in [0.15, 0.2) is 54.6 Å². The summed E-state index contributed by atoms with van der Waals surface area (Å²) in [5.41, 5.74) is 1.86. The molecule has 1 aliphatic heterocycles. The highest BCUT2D eigenvalue weighted by Crippen LogP contribution is 2.29. The van der Waals surface area contributed by atoms with Crippen molar-refractivity contribution in [3.63, 3.8) is 0 Å². The molecule has 24 heavy (non-hydrogen) atoms. The Balaban J connectivity index is 1.53. The van der Waals surface area contributed by atoms with E-state index < -0.39 is 0 Å². The first kappa shape index (κ1) is 15.2. The van der Waals surface area contributed by atoms with Crippen molar-refractivity contribution in [1.29, 1.82) is 0 Å². The molecule has 1 unspecified atom stereocenters. The van der Waals surface area contributed by atoms with Gasteiger partial charge in [-0.25, -0.2) is 4.39 Å². The average molecular weight is 341 g/mol. The molecular weight excluding hydrogens is 325 g/mol. The molecule has 0 N–H and O–H groups in total. The molecule has 3 aromatic rings. The molecule has 122 valence electrons. The van der Waals surface area contributed by atoms with E-state index >= 15 is 0 Å². The lowest BCUT2D eigenvalue weighted by molar-refractivity contribution is 0.0396. The highest BCUT2D eigenvalue weighted by Gasteiger charge is 2.24. The van der Waals surface area contributed by atoms with Crippen molar-refractivity contribution in [2.24, 2.45) is 0 Å². The van der Waals surface area contributed by atoms with E-state index in [-0.39, 0.29) is 11.9 Å². The summed E-state index contributed by atoms with van der Waals surface area (Å²) in [6.07, 6.45) is -0.154. The lowest BCUT2D eigenvalue weighted by atomic mass is 10.1. The molecule has 1 fully saturated rings. The van der Waals surface area contributed by atoms with Gasteiger partial charge in [-0.2, -0.15) is 9.36 Å². The Hall–Kier alpha value is -2.31. The predicted molar refractivity (Wildman–Crippen MR) is 92.7 cm³/mol. The van der Waals surface area contributed by atoms with Crippen LogP contribution in [-0.2, 0) is 4.74 Å². The van der Waals surface area contributed by atoms with E-state index in [2.05, 4.69) is 14.3 Å². The van der Waals surface area contributed by atoms with Crippen LogP contribution in [-0.4, -0.2) is 29.1 Å². The molecule has 0 spiro atoms. The van der Waals surface area contributed by atoms with Crippen LogP contribution >= 0.6 is 11.5 Å². The summed E-state index contributed by atoms with van der Waals surface area (Å²) in [6.45, 7) is 1.99. The van der Waals surface area contributed by atoms with Gasteiger partial charge in [0.05, 0.1) is 13.2 Å². The van der Waals surface area contributed by atoms with Crippen LogP contribution in [0.4, 0.5) is 9.52 Å². The Morgan fingerprint density at radius 2 is 2.00 bits per heavy atom. The average Bonchev–Trinajstić information content (AvgIpc) is 3.13. The van der Waals surface area contributed by atoms with Gasteiger partial charge in [-0.05, 0) is 17.7 Å². The molecule has 6 heteroatoms. The molecule has 0 bridgehead atoms. The third-order valence-corrected chi connectivity index (χ3v) is 4.78. The first-order chi connectivity index (χ1) is 11.8. The number of nitrogens with zero attached hydrogens (tertiary/aromatic N) is 3. The number of benzene rings is 2. The van der Waals surface area contributed by atoms with Gasteiger partial charge in [0.1, 0.15) is 11.9 Å². The maximum Gasteiger partial charge on any atom is 0.205 e. The van der Waals surface area contributed by atoms with E-state index in [9.17, 15) is 4.39 Å². The van der Waals surface area contributed by atoms with Crippen molar-refractivity contribution in [1.82, 2.24) is 9.36 Å². The second kappa shape index (κ2) is 6.67. The van der Waals surface area contributed by atoms with Crippen molar-refractivity contribution < 1.29 is 9.13 Å². The molecule has 0 amide bonds. The zero-order valence-corrected chi connectivity index (χ0v) is 13.7. The van der Waals surface area contributed by atoms with Crippen LogP contribution in [0.5, 0.6) is 0 Å². The molecule has 2 aromatic carbocycles. The molecule has 1 aliphatic rings. The lowest BCUT2D eigenvalue weighted by Crippen LogP contribution is -2.38. The van der Waals surface area contributed by atoms with Crippen molar-refractivity contribution in [3.05, 3.63) is 66.0 Å². The van der Waals surface area contributed by atoms with Gasteiger partial charge in [-0.1, -0.05) is 42.5 Å². The summed E-state index contributed by atoms with van der Waals surface area (Å²) in [5.74, 6) is 0.500. The van der Waals surface area contributed by atoms with Crippen LogP contribution in [0.25, 0.3) is 11.4 Å². The van der Waals surface area contributed by atoms with Gasteiger partial charge >= 0.3 is 0 Å². The molecular formula is C18H16FN3OS. The minimum atomic E-state index is -0.240. The van der Waals surface area contributed by atoms with Crippen molar-refractivity contribution >= 4 is 16.7 Å². The van der Waals surface area contributed by atoms with Gasteiger partial charge in [0.2, 0.25) is 5.13 Å². The van der Waals surface area contributed by atoms with E-state index in [0.717, 1.165) is 28.6 Å². The summed E-state index contributed by atoms with van der Waals surface area (Å²) in [5, 5.41) is 0.874. The topological polar surface area (TPSA) is 38.2 Å². The molecule has 4 rings (SSSR count). The Labute approximate surface area is 143 Å². The molecule has 1 saturated heterocycles. The summed E-state index contributed by atoms with van der Waals surface area (Å²) in [6, 6.07) is 16.5. The summed E-state index contributed by atoms with van der Waals surface area (Å²) >= 11 is 1.39. The number of halogens is 1.